The van der Waals surface area contributed by atoms with Crippen molar-refractivity contribution in [1.29, 1.82) is 0 Å². The van der Waals surface area contributed by atoms with Crippen LogP contribution in [0.4, 0.5) is 0 Å². The van der Waals surface area contributed by atoms with Gasteiger partial charge in [0.1, 0.15) is 5.75 Å². The molecule has 6 aromatic carbocycles. The van der Waals surface area contributed by atoms with Gasteiger partial charge in [-0.15, -0.1) is 0 Å². The van der Waals surface area contributed by atoms with Crippen molar-refractivity contribution in [3.8, 4) is 61.4 Å². The second-order valence-electron chi connectivity index (χ2n) is 11.3. The van der Waals surface area contributed by atoms with Crippen LogP contribution in [0.1, 0.15) is 25.0 Å². The van der Waals surface area contributed by atoms with Crippen LogP contribution >= 0.6 is 0 Å². The normalized spacial score (nSPS) is 13.0. The summed E-state index contributed by atoms with van der Waals surface area (Å²) in [4.78, 5) is 0. The minimum absolute atomic E-state index is 0.127. The monoisotopic (exact) mass is 528 g/mol. The summed E-state index contributed by atoms with van der Waals surface area (Å²) in [6.45, 7) is 4.72. The molecule has 0 saturated heterocycles. The molecule has 0 fully saturated rings. The van der Waals surface area contributed by atoms with Crippen LogP contribution in [0.25, 0.3) is 55.6 Å². The summed E-state index contributed by atoms with van der Waals surface area (Å²) in [5.74, 6) is 0.866. The molecule has 0 heterocycles. The number of hydrogen-bond donors (Lipinski definition) is 0. The number of rotatable bonds is 5. The van der Waals surface area contributed by atoms with Crippen LogP contribution in [0.3, 0.4) is 0 Å². The molecule has 0 saturated carbocycles. The molecule has 1 aliphatic rings. The molecule has 0 atom stereocenters. The molecule has 1 aliphatic carbocycles. The van der Waals surface area contributed by atoms with Crippen LogP contribution in [0.15, 0.2) is 140 Å². The Kier molecular flexibility index (Phi) is 6.09. The van der Waals surface area contributed by atoms with E-state index in [1.54, 1.807) is 7.11 Å². The Bertz CT molecular complexity index is 1880. The first kappa shape index (κ1) is 25.1. The molecule has 41 heavy (non-hydrogen) atoms. The second kappa shape index (κ2) is 9.94. The maximum absolute atomic E-state index is 5.60. The summed E-state index contributed by atoms with van der Waals surface area (Å²) in [5.41, 5.74) is 15.1. The van der Waals surface area contributed by atoms with Gasteiger partial charge in [0.25, 0.3) is 0 Å². The lowest BCUT2D eigenvalue weighted by molar-refractivity contribution is 0.415. The highest BCUT2D eigenvalue weighted by Gasteiger charge is 2.36. The molecular formula is C40H32O. The summed E-state index contributed by atoms with van der Waals surface area (Å²) in [5, 5.41) is 0. The van der Waals surface area contributed by atoms with Crippen molar-refractivity contribution in [3.05, 3.63) is 151 Å². The number of methoxy groups -OCH3 is 1. The van der Waals surface area contributed by atoms with Crippen LogP contribution < -0.4 is 4.74 Å². The van der Waals surface area contributed by atoms with Gasteiger partial charge < -0.3 is 4.74 Å². The van der Waals surface area contributed by atoms with Crippen molar-refractivity contribution in [1.82, 2.24) is 0 Å². The zero-order valence-electron chi connectivity index (χ0n) is 23.7. The number of ether oxygens (including phenoxy) is 1. The van der Waals surface area contributed by atoms with E-state index in [1.807, 2.05) is 0 Å². The van der Waals surface area contributed by atoms with Gasteiger partial charge in [0.15, 0.2) is 0 Å². The summed E-state index contributed by atoms with van der Waals surface area (Å²) in [6.07, 6.45) is 0. The maximum Gasteiger partial charge on any atom is 0.119 e. The van der Waals surface area contributed by atoms with E-state index in [0.29, 0.717) is 0 Å². The zero-order chi connectivity index (χ0) is 28.0. The highest BCUT2D eigenvalue weighted by molar-refractivity contribution is 5.91. The van der Waals surface area contributed by atoms with Gasteiger partial charge in [-0.05, 0) is 91.0 Å². The molecule has 0 radical (unpaired) electrons. The Morgan fingerprint density at radius 3 is 1.37 bits per heavy atom. The molecule has 0 unspecified atom stereocenters. The van der Waals surface area contributed by atoms with E-state index in [1.165, 1.54) is 66.8 Å². The number of fused-ring (bicyclic) bond motifs is 3. The predicted molar refractivity (Wildman–Crippen MR) is 172 cm³/mol. The fraction of sp³-hybridized carbons (Fsp3) is 0.100. The largest absolute Gasteiger partial charge is 0.497 e. The van der Waals surface area contributed by atoms with Crippen molar-refractivity contribution in [2.45, 2.75) is 19.3 Å². The first-order chi connectivity index (χ1) is 20.0. The van der Waals surface area contributed by atoms with Crippen LogP contribution in [0.5, 0.6) is 5.75 Å². The van der Waals surface area contributed by atoms with E-state index in [2.05, 4.69) is 153 Å². The fourth-order valence-corrected chi connectivity index (χ4v) is 6.44. The lowest BCUT2D eigenvalue weighted by Crippen LogP contribution is -2.15. The molecule has 6 aromatic rings. The summed E-state index contributed by atoms with van der Waals surface area (Å²) in [7, 11) is 1.73. The van der Waals surface area contributed by atoms with E-state index in [0.717, 1.165) is 5.75 Å². The van der Waals surface area contributed by atoms with Crippen molar-refractivity contribution in [2.75, 3.05) is 7.11 Å². The SMILES string of the molecule is COc1ccc(-c2ccc3c(c2)C(C)(C)c2cc(-c4ccccc4-c4ccccc4)ccc2-3)c(-c2ccccc2)c1. The minimum Gasteiger partial charge on any atom is -0.497 e. The third-order valence-corrected chi connectivity index (χ3v) is 8.62. The first-order valence-corrected chi connectivity index (χ1v) is 14.2. The van der Waals surface area contributed by atoms with Gasteiger partial charge in [-0.3, -0.25) is 0 Å². The quantitative estimate of drug-likeness (QED) is 0.216. The van der Waals surface area contributed by atoms with Crippen LogP contribution in [0, 0.1) is 0 Å². The molecule has 0 spiro atoms. The molecule has 0 N–H and O–H groups in total. The first-order valence-electron chi connectivity index (χ1n) is 14.2. The number of hydrogen-bond acceptors (Lipinski definition) is 1. The predicted octanol–water partition coefficient (Wildman–Crippen LogP) is 10.7. The Morgan fingerprint density at radius 1 is 0.390 bits per heavy atom. The van der Waals surface area contributed by atoms with Crippen molar-refractivity contribution in [2.24, 2.45) is 0 Å². The van der Waals surface area contributed by atoms with Crippen LogP contribution in [0.2, 0.25) is 0 Å². The zero-order valence-corrected chi connectivity index (χ0v) is 23.7. The topological polar surface area (TPSA) is 9.23 Å². The van der Waals surface area contributed by atoms with Gasteiger partial charge in [-0.1, -0.05) is 129 Å². The Labute approximate surface area is 242 Å². The van der Waals surface area contributed by atoms with E-state index in [-0.39, 0.29) is 5.41 Å². The van der Waals surface area contributed by atoms with E-state index >= 15 is 0 Å². The summed E-state index contributed by atoms with van der Waals surface area (Å²) >= 11 is 0. The van der Waals surface area contributed by atoms with E-state index in [9.17, 15) is 0 Å². The highest BCUT2D eigenvalue weighted by atomic mass is 16.5. The third kappa shape index (κ3) is 4.26. The molecule has 1 nitrogen and oxygen atoms in total. The van der Waals surface area contributed by atoms with Gasteiger partial charge >= 0.3 is 0 Å². The van der Waals surface area contributed by atoms with Gasteiger partial charge in [-0.25, -0.2) is 0 Å². The third-order valence-electron chi connectivity index (χ3n) is 8.62. The fourth-order valence-electron chi connectivity index (χ4n) is 6.44. The molecule has 7 rings (SSSR count). The van der Waals surface area contributed by atoms with Crippen molar-refractivity contribution < 1.29 is 4.74 Å². The van der Waals surface area contributed by atoms with E-state index < -0.39 is 0 Å². The van der Waals surface area contributed by atoms with Gasteiger partial charge in [0.2, 0.25) is 0 Å². The standard InChI is InChI=1S/C40H32O/c1-40(2)38-24-29(33-17-11-10-16-32(33)27-12-6-4-7-13-27)18-21-35(38)36-22-19-30(25-39(36)40)34-23-20-31(41-3)26-37(34)28-14-8-5-9-15-28/h4-26H,1-3H3. The lowest BCUT2D eigenvalue weighted by Gasteiger charge is -2.23. The molecule has 198 valence electrons. The average molecular weight is 529 g/mol. The van der Waals surface area contributed by atoms with Gasteiger partial charge in [-0.2, -0.15) is 0 Å². The molecule has 0 aromatic heterocycles. The molecule has 0 amide bonds. The van der Waals surface area contributed by atoms with E-state index in [4.69, 9.17) is 4.74 Å². The Balaban J connectivity index is 1.33. The molecule has 1 heteroatoms. The average Bonchev–Trinajstić information content (AvgIpc) is 3.26. The van der Waals surface area contributed by atoms with Crippen molar-refractivity contribution >= 4 is 0 Å². The van der Waals surface area contributed by atoms with Crippen molar-refractivity contribution in [3.63, 3.8) is 0 Å². The van der Waals surface area contributed by atoms with Gasteiger partial charge in [0.05, 0.1) is 7.11 Å². The Hall–Kier alpha value is -4.88. The lowest BCUT2D eigenvalue weighted by atomic mass is 9.80. The Morgan fingerprint density at radius 2 is 0.829 bits per heavy atom. The molecule has 0 bridgehead atoms. The molecular weight excluding hydrogens is 496 g/mol. The second-order valence-corrected chi connectivity index (χ2v) is 11.3. The smallest absolute Gasteiger partial charge is 0.119 e. The van der Waals surface area contributed by atoms with Crippen LogP contribution in [-0.4, -0.2) is 7.11 Å². The number of benzene rings is 6. The van der Waals surface area contributed by atoms with Crippen LogP contribution in [-0.2, 0) is 5.41 Å². The molecule has 0 aliphatic heterocycles. The highest BCUT2D eigenvalue weighted by Crippen LogP contribution is 2.51. The minimum atomic E-state index is -0.127. The van der Waals surface area contributed by atoms with Gasteiger partial charge in [0, 0.05) is 5.41 Å². The summed E-state index contributed by atoms with van der Waals surface area (Å²) < 4.78 is 5.60. The maximum atomic E-state index is 5.60. The summed E-state index contributed by atoms with van der Waals surface area (Å²) in [6, 6.07) is 50.4.